The Labute approximate surface area is 145 Å². The number of rotatable bonds is 4. The number of thioether (sulfide) groups is 1. The van der Waals surface area contributed by atoms with Gasteiger partial charge in [-0.2, -0.15) is 0 Å². The van der Waals surface area contributed by atoms with Crippen molar-refractivity contribution in [3.63, 3.8) is 0 Å². The highest BCUT2D eigenvalue weighted by molar-refractivity contribution is 7.99. The minimum Gasteiger partial charge on any atom is -0.469 e. The first-order valence-electron chi connectivity index (χ1n) is 7.95. The molecular formula is C16H22N4O3S. The van der Waals surface area contributed by atoms with Crippen molar-refractivity contribution in [1.29, 1.82) is 0 Å². The zero-order valence-corrected chi connectivity index (χ0v) is 15.2. The molecule has 0 radical (unpaired) electrons. The molecule has 0 bridgehead atoms. The molecule has 0 N–H and O–H groups in total. The number of ether oxygens (including phenoxy) is 1. The highest BCUT2D eigenvalue weighted by Gasteiger charge is 2.26. The van der Waals surface area contributed by atoms with E-state index in [0.29, 0.717) is 24.0 Å². The Morgan fingerprint density at radius 1 is 1.33 bits per heavy atom. The summed E-state index contributed by atoms with van der Waals surface area (Å²) in [4.78, 5) is 14.3. The molecule has 7 nitrogen and oxygen atoms in total. The third kappa shape index (κ3) is 3.49. The van der Waals surface area contributed by atoms with Crippen LogP contribution in [0.3, 0.4) is 0 Å². The molecule has 3 heterocycles. The first-order valence-corrected chi connectivity index (χ1v) is 8.94. The molecule has 1 aliphatic heterocycles. The molecule has 0 unspecified atom stereocenters. The molecule has 2 atom stereocenters. The summed E-state index contributed by atoms with van der Waals surface area (Å²) in [7, 11) is 1.90. The Bertz CT molecular complexity index is 717. The predicted molar refractivity (Wildman–Crippen MR) is 90.8 cm³/mol. The zero-order chi connectivity index (χ0) is 17.3. The average Bonchev–Trinajstić information content (AvgIpc) is 3.09. The van der Waals surface area contributed by atoms with Crippen LogP contribution >= 0.6 is 11.8 Å². The van der Waals surface area contributed by atoms with Gasteiger partial charge in [0.15, 0.2) is 11.0 Å². The molecular weight excluding hydrogens is 328 g/mol. The Hall–Kier alpha value is -1.80. The summed E-state index contributed by atoms with van der Waals surface area (Å²) in [6.07, 6.45) is 1.79. The van der Waals surface area contributed by atoms with Crippen LogP contribution in [0.2, 0.25) is 0 Å². The number of hydrogen-bond acceptors (Lipinski definition) is 6. The molecule has 1 fully saturated rings. The lowest BCUT2D eigenvalue weighted by atomic mass is 10.2. The second kappa shape index (κ2) is 6.98. The van der Waals surface area contributed by atoms with Crippen molar-refractivity contribution in [1.82, 2.24) is 19.7 Å². The average molecular weight is 350 g/mol. The van der Waals surface area contributed by atoms with Crippen LogP contribution in [0.15, 0.2) is 21.9 Å². The van der Waals surface area contributed by atoms with Crippen LogP contribution in [0.4, 0.5) is 0 Å². The van der Waals surface area contributed by atoms with E-state index < -0.39 is 0 Å². The van der Waals surface area contributed by atoms with E-state index in [1.54, 1.807) is 6.26 Å². The van der Waals surface area contributed by atoms with Gasteiger partial charge in [0.05, 0.1) is 29.8 Å². The van der Waals surface area contributed by atoms with E-state index in [2.05, 4.69) is 10.2 Å². The summed E-state index contributed by atoms with van der Waals surface area (Å²) in [6.45, 7) is 7.15. The smallest absolute Gasteiger partial charge is 0.233 e. The molecule has 0 aromatic carbocycles. The maximum Gasteiger partial charge on any atom is 0.233 e. The molecule has 0 spiro atoms. The standard InChI is InChI=1S/C16H22N4O3S/c1-10-7-20(8-11(2)23-10)14(21)9-24-16-18-17-15(19(16)4)13-5-6-22-12(13)3/h5-6,10-11H,7-9H2,1-4H3/t10-,11-/m1/s1. The van der Waals surface area contributed by atoms with Gasteiger partial charge in [-0.05, 0) is 26.8 Å². The van der Waals surface area contributed by atoms with Gasteiger partial charge >= 0.3 is 0 Å². The lowest BCUT2D eigenvalue weighted by Gasteiger charge is -2.35. The van der Waals surface area contributed by atoms with Crippen molar-refractivity contribution < 1.29 is 13.9 Å². The second-order valence-corrected chi connectivity index (χ2v) is 7.04. The molecule has 1 amide bonds. The number of carbonyl (C=O) groups is 1. The molecule has 2 aromatic rings. The number of hydrogen-bond donors (Lipinski definition) is 0. The molecule has 8 heteroatoms. The third-order valence-corrected chi connectivity index (χ3v) is 5.04. The van der Waals surface area contributed by atoms with Crippen LogP contribution in [0.25, 0.3) is 11.4 Å². The summed E-state index contributed by atoms with van der Waals surface area (Å²) < 4.78 is 12.9. The summed E-state index contributed by atoms with van der Waals surface area (Å²) in [6, 6.07) is 1.87. The molecule has 1 aliphatic rings. The largest absolute Gasteiger partial charge is 0.469 e. The van der Waals surface area contributed by atoms with Gasteiger partial charge in [0.1, 0.15) is 5.76 Å². The fourth-order valence-corrected chi connectivity index (χ4v) is 3.71. The summed E-state index contributed by atoms with van der Waals surface area (Å²) in [5, 5.41) is 9.14. The lowest BCUT2D eigenvalue weighted by Crippen LogP contribution is -2.48. The molecule has 0 aliphatic carbocycles. The Morgan fingerprint density at radius 2 is 2.04 bits per heavy atom. The Kier molecular flexibility index (Phi) is 4.96. The van der Waals surface area contributed by atoms with Crippen molar-refractivity contribution in [3.05, 3.63) is 18.1 Å². The SMILES string of the molecule is Cc1occc1-c1nnc(SCC(=O)N2C[C@@H](C)O[C@H](C)C2)n1C. The number of nitrogens with zero attached hydrogens (tertiary/aromatic N) is 4. The van der Waals surface area contributed by atoms with Crippen molar-refractivity contribution in [3.8, 4) is 11.4 Å². The van der Waals surface area contributed by atoms with E-state index in [9.17, 15) is 4.79 Å². The van der Waals surface area contributed by atoms with Crippen LogP contribution in [-0.2, 0) is 16.6 Å². The highest BCUT2D eigenvalue weighted by Crippen LogP contribution is 2.26. The molecule has 2 aromatic heterocycles. The highest BCUT2D eigenvalue weighted by atomic mass is 32.2. The zero-order valence-electron chi connectivity index (χ0n) is 14.4. The van der Waals surface area contributed by atoms with Gasteiger partial charge in [0.2, 0.25) is 5.91 Å². The maximum atomic E-state index is 12.4. The van der Waals surface area contributed by atoms with Crippen molar-refractivity contribution in [2.75, 3.05) is 18.8 Å². The summed E-state index contributed by atoms with van der Waals surface area (Å²) in [5.74, 6) is 1.99. The molecule has 130 valence electrons. The monoisotopic (exact) mass is 350 g/mol. The summed E-state index contributed by atoms with van der Waals surface area (Å²) >= 11 is 1.40. The van der Waals surface area contributed by atoms with Gasteiger partial charge < -0.3 is 18.6 Å². The van der Waals surface area contributed by atoms with Crippen molar-refractivity contribution in [2.24, 2.45) is 7.05 Å². The number of aryl methyl sites for hydroxylation is 1. The number of aromatic nitrogens is 3. The van der Waals surface area contributed by atoms with E-state index in [1.165, 1.54) is 11.8 Å². The Morgan fingerprint density at radius 3 is 2.67 bits per heavy atom. The fourth-order valence-electron chi connectivity index (χ4n) is 2.89. The van der Waals surface area contributed by atoms with Gasteiger partial charge in [0, 0.05) is 20.1 Å². The van der Waals surface area contributed by atoms with E-state index in [1.807, 2.05) is 43.4 Å². The third-order valence-electron chi connectivity index (χ3n) is 4.03. The lowest BCUT2D eigenvalue weighted by molar-refractivity contribution is -0.140. The summed E-state index contributed by atoms with van der Waals surface area (Å²) in [5.41, 5.74) is 0.916. The minimum absolute atomic E-state index is 0.0770. The van der Waals surface area contributed by atoms with Gasteiger partial charge in [-0.1, -0.05) is 11.8 Å². The van der Waals surface area contributed by atoms with Crippen LogP contribution in [0, 0.1) is 6.92 Å². The van der Waals surface area contributed by atoms with E-state index in [-0.39, 0.29) is 18.1 Å². The quantitative estimate of drug-likeness (QED) is 0.787. The van der Waals surface area contributed by atoms with Gasteiger partial charge in [-0.25, -0.2) is 0 Å². The van der Waals surface area contributed by atoms with E-state index in [0.717, 1.165) is 17.1 Å². The molecule has 24 heavy (non-hydrogen) atoms. The molecule has 3 rings (SSSR count). The van der Waals surface area contributed by atoms with Gasteiger partial charge in [-0.15, -0.1) is 10.2 Å². The Balaban J connectivity index is 1.64. The van der Waals surface area contributed by atoms with Gasteiger partial charge in [0.25, 0.3) is 0 Å². The van der Waals surface area contributed by atoms with Crippen LogP contribution in [0.5, 0.6) is 0 Å². The van der Waals surface area contributed by atoms with Crippen molar-refractivity contribution in [2.45, 2.75) is 38.1 Å². The van der Waals surface area contributed by atoms with Crippen LogP contribution < -0.4 is 0 Å². The normalized spacial score (nSPS) is 21.2. The van der Waals surface area contributed by atoms with Crippen LogP contribution in [-0.4, -0.2) is 56.6 Å². The first kappa shape index (κ1) is 17.0. The van der Waals surface area contributed by atoms with E-state index >= 15 is 0 Å². The second-order valence-electron chi connectivity index (χ2n) is 6.10. The first-order chi connectivity index (χ1) is 11.5. The van der Waals surface area contributed by atoms with Gasteiger partial charge in [-0.3, -0.25) is 4.79 Å². The molecule has 0 saturated carbocycles. The van der Waals surface area contributed by atoms with Crippen LogP contribution in [0.1, 0.15) is 19.6 Å². The molecule has 1 saturated heterocycles. The topological polar surface area (TPSA) is 73.4 Å². The number of furan rings is 1. The minimum atomic E-state index is 0.0770. The number of amides is 1. The van der Waals surface area contributed by atoms with Crippen molar-refractivity contribution >= 4 is 17.7 Å². The number of morpholine rings is 1. The maximum absolute atomic E-state index is 12.4. The predicted octanol–water partition coefficient (Wildman–Crippen LogP) is 2.11. The fraction of sp³-hybridized carbons (Fsp3) is 0.562. The number of carbonyl (C=O) groups excluding carboxylic acids is 1. The van der Waals surface area contributed by atoms with E-state index in [4.69, 9.17) is 9.15 Å².